The number of esters is 2. The summed E-state index contributed by atoms with van der Waals surface area (Å²) in [5, 5.41) is 0. The van der Waals surface area contributed by atoms with Gasteiger partial charge in [-0.25, -0.2) is 0 Å². The van der Waals surface area contributed by atoms with Crippen molar-refractivity contribution in [1.29, 1.82) is 0 Å². The average molecular weight is 270 g/mol. The number of carbonyl (C=O) groups excluding carboxylic acids is 2. The van der Waals surface area contributed by atoms with Crippen molar-refractivity contribution in [3.05, 3.63) is 0 Å². The minimum Gasteiger partial charge on any atom is -0.468 e. The molecular weight excluding hydrogens is 244 g/mol. The van der Waals surface area contributed by atoms with Crippen LogP contribution >= 0.6 is 0 Å². The Hall–Kier alpha value is -1.06. The molecule has 1 rings (SSSR count). The monoisotopic (exact) mass is 270 g/mol. The Kier molecular flexibility index (Phi) is 4.33. The first kappa shape index (κ1) is 16.0. The van der Waals surface area contributed by atoms with E-state index in [1.165, 1.54) is 7.11 Å². The lowest BCUT2D eigenvalue weighted by Crippen LogP contribution is -2.56. The van der Waals surface area contributed by atoms with Crippen LogP contribution in [0.3, 0.4) is 0 Å². The molecule has 4 nitrogen and oxygen atoms in total. The summed E-state index contributed by atoms with van der Waals surface area (Å²) in [6, 6.07) is 0. The van der Waals surface area contributed by atoms with Crippen LogP contribution in [-0.2, 0) is 19.1 Å². The molecule has 1 aliphatic heterocycles. The first-order valence-electron chi connectivity index (χ1n) is 6.88. The molecule has 0 saturated carbocycles. The van der Waals surface area contributed by atoms with Crippen molar-refractivity contribution in [3.8, 4) is 0 Å². The zero-order chi connectivity index (χ0) is 14.9. The van der Waals surface area contributed by atoms with Crippen LogP contribution in [-0.4, -0.2) is 25.7 Å². The molecule has 19 heavy (non-hydrogen) atoms. The molecule has 0 aromatic rings. The molecule has 0 radical (unpaired) electrons. The van der Waals surface area contributed by atoms with Gasteiger partial charge >= 0.3 is 11.9 Å². The Balaban J connectivity index is 3.21. The molecule has 110 valence electrons. The van der Waals surface area contributed by atoms with Gasteiger partial charge in [0.25, 0.3) is 0 Å². The van der Waals surface area contributed by atoms with E-state index in [-0.39, 0.29) is 24.0 Å². The zero-order valence-electron chi connectivity index (χ0n) is 13.0. The molecule has 1 fully saturated rings. The molecule has 2 unspecified atom stereocenters. The van der Waals surface area contributed by atoms with E-state index in [1.807, 2.05) is 34.6 Å². The van der Waals surface area contributed by atoms with Crippen LogP contribution in [0, 0.1) is 16.2 Å². The Morgan fingerprint density at radius 3 is 2.42 bits per heavy atom. The van der Waals surface area contributed by atoms with E-state index in [2.05, 4.69) is 0 Å². The number of hydrogen-bond donors (Lipinski definition) is 0. The van der Waals surface area contributed by atoms with Gasteiger partial charge in [0.15, 0.2) is 0 Å². The van der Waals surface area contributed by atoms with Crippen molar-refractivity contribution in [2.24, 2.45) is 16.2 Å². The Bertz CT molecular complexity index is 369. The highest BCUT2D eigenvalue weighted by atomic mass is 16.5. The fourth-order valence-electron chi connectivity index (χ4n) is 3.01. The number of methoxy groups -OCH3 is 1. The summed E-state index contributed by atoms with van der Waals surface area (Å²) in [5.41, 5.74) is -1.69. The van der Waals surface area contributed by atoms with Crippen LogP contribution in [0.4, 0.5) is 0 Å². The van der Waals surface area contributed by atoms with E-state index in [0.717, 1.165) is 12.8 Å². The Labute approximate surface area is 115 Å². The fourth-order valence-corrected chi connectivity index (χ4v) is 3.01. The second kappa shape index (κ2) is 5.14. The van der Waals surface area contributed by atoms with Gasteiger partial charge in [-0.1, -0.05) is 34.1 Å². The fraction of sp³-hybridized carbons (Fsp3) is 0.867. The summed E-state index contributed by atoms with van der Waals surface area (Å²) >= 11 is 0. The van der Waals surface area contributed by atoms with E-state index in [0.29, 0.717) is 6.42 Å². The molecule has 1 aliphatic rings. The summed E-state index contributed by atoms with van der Waals surface area (Å²) in [5.74, 6) is -0.479. The summed E-state index contributed by atoms with van der Waals surface area (Å²) in [6.45, 7) is 10.0. The van der Waals surface area contributed by atoms with Crippen molar-refractivity contribution >= 4 is 11.9 Å². The molecule has 4 heteroatoms. The molecule has 1 saturated heterocycles. The van der Waals surface area contributed by atoms with Gasteiger partial charge in [0, 0.05) is 0 Å². The predicted molar refractivity (Wildman–Crippen MR) is 72.5 cm³/mol. The van der Waals surface area contributed by atoms with Gasteiger partial charge in [-0.3, -0.25) is 9.59 Å². The van der Waals surface area contributed by atoms with E-state index in [9.17, 15) is 9.59 Å². The van der Waals surface area contributed by atoms with Gasteiger partial charge in [-0.05, 0) is 25.2 Å². The first-order chi connectivity index (χ1) is 8.63. The SMILES string of the molecule is CCCC1(C)CC(C(=O)OC)(C(C)(C)C)COC1=O. The average Bonchev–Trinajstić information content (AvgIpc) is 2.30. The molecule has 0 aromatic heterocycles. The summed E-state index contributed by atoms with van der Waals surface area (Å²) in [7, 11) is 1.39. The third kappa shape index (κ3) is 2.63. The van der Waals surface area contributed by atoms with Crippen LogP contribution in [0.25, 0.3) is 0 Å². The van der Waals surface area contributed by atoms with Gasteiger partial charge in [0.2, 0.25) is 0 Å². The topological polar surface area (TPSA) is 52.6 Å². The Morgan fingerprint density at radius 1 is 1.42 bits per heavy atom. The van der Waals surface area contributed by atoms with Gasteiger partial charge in [0.1, 0.15) is 12.0 Å². The molecule has 0 aromatic carbocycles. The highest BCUT2D eigenvalue weighted by Crippen LogP contribution is 2.52. The van der Waals surface area contributed by atoms with E-state index >= 15 is 0 Å². The first-order valence-corrected chi connectivity index (χ1v) is 6.88. The number of rotatable bonds is 3. The van der Waals surface area contributed by atoms with Gasteiger partial charge in [-0.2, -0.15) is 0 Å². The predicted octanol–water partition coefficient (Wildman–Crippen LogP) is 2.95. The van der Waals surface area contributed by atoms with Crippen molar-refractivity contribution in [1.82, 2.24) is 0 Å². The summed E-state index contributed by atoms with van der Waals surface area (Å²) < 4.78 is 10.4. The third-order valence-corrected chi connectivity index (χ3v) is 4.45. The smallest absolute Gasteiger partial charge is 0.315 e. The third-order valence-electron chi connectivity index (χ3n) is 4.45. The quantitative estimate of drug-likeness (QED) is 0.740. The number of ether oxygens (including phenoxy) is 2. The van der Waals surface area contributed by atoms with E-state index in [4.69, 9.17) is 9.47 Å². The molecule has 1 heterocycles. The highest BCUT2D eigenvalue weighted by molar-refractivity contribution is 5.84. The summed E-state index contributed by atoms with van der Waals surface area (Å²) in [6.07, 6.45) is 2.09. The molecule has 0 spiro atoms. The molecular formula is C15H26O4. The zero-order valence-corrected chi connectivity index (χ0v) is 13.0. The van der Waals surface area contributed by atoms with Crippen LogP contribution < -0.4 is 0 Å². The van der Waals surface area contributed by atoms with Crippen LogP contribution in [0.15, 0.2) is 0 Å². The molecule has 0 amide bonds. The van der Waals surface area contributed by atoms with Crippen LogP contribution in [0.5, 0.6) is 0 Å². The number of cyclic esters (lactones) is 1. The minimum absolute atomic E-state index is 0.112. The Morgan fingerprint density at radius 2 is 2.00 bits per heavy atom. The maximum Gasteiger partial charge on any atom is 0.315 e. The normalized spacial score (nSPS) is 31.8. The van der Waals surface area contributed by atoms with Crippen molar-refractivity contribution in [3.63, 3.8) is 0 Å². The maximum atomic E-state index is 12.3. The van der Waals surface area contributed by atoms with E-state index in [1.54, 1.807) is 0 Å². The maximum absolute atomic E-state index is 12.3. The standard InChI is InChI=1S/C15H26O4/c1-7-8-14(5)9-15(12(17)18-6,13(2,3)4)10-19-11(14)16/h7-10H2,1-6H3. The largest absolute Gasteiger partial charge is 0.468 e. The number of hydrogen-bond acceptors (Lipinski definition) is 4. The molecule has 2 atom stereocenters. The van der Waals surface area contributed by atoms with Gasteiger partial charge < -0.3 is 9.47 Å². The second-order valence-electron chi connectivity index (χ2n) is 6.89. The molecule has 0 N–H and O–H groups in total. The summed E-state index contributed by atoms with van der Waals surface area (Å²) in [4.78, 5) is 24.4. The number of carbonyl (C=O) groups is 2. The lowest BCUT2D eigenvalue weighted by atomic mass is 9.58. The lowest BCUT2D eigenvalue weighted by Gasteiger charge is -2.49. The van der Waals surface area contributed by atoms with Gasteiger partial charge in [-0.15, -0.1) is 0 Å². The lowest BCUT2D eigenvalue weighted by molar-refractivity contribution is -0.195. The van der Waals surface area contributed by atoms with Gasteiger partial charge in [0.05, 0.1) is 12.5 Å². The molecule has 0 aliphatic carbocycles. The van der Waals surface area contributed by atoms with E-state index < -0.39 is 10.8 Å². The minimum atomic E-state index is -0.764. The van der Waals surface area contributed by atoms with Crippen LogP contribution in [0.1, 0.15) is 53.9 Å². The molecule has 0 bridgehead atoms. The van der Waals surface area contributed by atoms with Crippen LogP contribution in [0.2, 0.25) is 0 Å². The second-order valence-corrected chi connectivity index (χ2v) is 6.89. The van der Waals surface area contributed by atoms with Crippen molar-refractivity contribution in [2.75, 3.05) is 13.7 Å². The van der Waals surface area contributed by atoms with Crippen molar-refractivity contribution in [2.45, 2.75) is 53.9 Å². The highest BCUT2D eigenvalue weighted by Gasteiger charge is 2.58. The van der Waals surface area contributed by atoms with Crippen molar-refractivity contribution < 1.29 is 19.1 Å².